The van der Waals surface area contributed by atoms with Crippen LogP contribution in [0.15, 0.2) is 0 Å². The number of aromatic nitrogens is 4. The van der Waals surface area contributed by atoms with Crippen molar-refractivity contribution in [2.75, 3.05) is 29.9 Å². The Labute approximate surface area is 238 Å². The van der Waals surface area contributed by atoms with Crippen LogP contribution in [0.25, 0.3) is 11.2 Å². The second-order valence-corrected chi connectivity index (χ2v) is 13.4. The number of anilines is 2. The van der Waals surface area contributed by atoms with Crippen molar-refractivity contribution < 1.29 is 9.53 Å². The molecule has 2 atom stereocenters. The van der Waals surface area contributed by atoms with Gasteiger partial charge in [-0.1, -0.05) is 26.2 Å². The van der Waals surface area contributed by atoms with Crippen LogP contribution in [0.2, 0.25) is 0 Å². The van der Waals surface area contributed by atoms with Gasteiger partial charge in [0.2, 0.25) is 11.8 Å². The quantitative estimate of drug-likeness (QED) is 0.497. The molecule has 10 heteroatoms. The largest absolute Gasteiger partial charge is 0.444 e. The van der Waals surface area contributed by atoms with Crippen molar-refractivity contribution >= 4 is 29.0 Å². The van der Waals surface area contributed by atoms with Crippen LogP contribution in [0.3, 0.4) is 0 Å². The molecule has 0 bridgehead atoms. The number of nitriles is 1. The number of hydrogen-bond donors (Lipinski definition) is 1. The molecule has 1 saturated heterocycles. The number of nitrogens with one attached hydrogen (secondary N) is 1. The summed E-state index contributed by atoms with van der Waals surface area (Å²) in [5.74, 6) is 3.66. The van der Waals surface area contributed by atoms with Gasteiger partial charge >= 0.3 is 6.09 Å². The van der Waals surface area contributed by atoms with E-state index in [1.165, 1.54) is 44.9 Å². The molecule has 3 aliphatic rings. The maximum Gasteiger partial charge on any atom is 0.410 e. The monoisotopic (exact) mass is 550 g/mol. The number of rotatable bonds is 6. The number of amides is 1. The highest BCUT2D eigenvalue weighted by atomic mass is 16.6. The summed E-state index contributed by atoms with van der Waals surface area (Å²) in [4.78, 5) is 31.2. The maximum absolute atomic E-state index is 12.8. The van der Waals surface area contributed by atoms with E-state index in [4.69, 9.17) is 9.72 Å². The zero-order chi connectivity index (χ0) is 28.6. The molecule has 1 unspecified atom stereocenters. The number of piperazine rings is 1. The molecule has 5 rings (SSSR count). The van der Waals surface area contributed by atoms with E-state index in [9.17, 15) is 10.1 Å². The van der Waals surface area contributed by atoms with Crippen molar-refractivity contribution in [2.45, 2.75) is 111 Å². The smallest absolute Gasteiger partial charge is 0.410 e. The molecular weight excluding hydrogens is 504 g/mol. The van der Waals surface area contributed by atoms with E-state index in [-0.39, 0.29) is 24.0 Å². The number of nitrogens with zero attached hydrogens (tertiary/aromatic N) is 7. The molecular formula is C30H46N8O2. The summed E-state index contributed by atoms with van der Waals surface area (Å²) in [6.45, 7) is 15.0. The van der Waals surface area contributed by atoms with E-state index in [1.807, 2.05) is 20.8 Å². The van der Waals surface area contributed by atoms with Crippen LogP contribution in [0, 0.1) is 29.1 Å². The van der Waals surface area contributed by atoms with Gasteiger partial charge < -0.3 is 24.4 Å². The van der Waals surface area contributed by atoms with Gasteiger partial charge in [-0.25, -0.2) is 4.79 Å². The maximum atomic E-state index is 12.8. The van der Waals surface area contributed by atoms with Gasteiger partial charge in [-0.15, -0.1) is 0 Å². The average Bonchev–Trinajstić information content (AvgIpc) is 3.21. The minimum atomic E-state index is -0.528. The SMILES string of the molecule is CC1CN(C(=O)OC(C)(C)C)CCN1c1nc2nc(C#N)nc(N[C@H](C)C3CCC3)c2n1C[C@H]1CC[C@H](C)CC1. The van der Waals surface area contributed by atoms with Crippen LogP contribution < -0.4 is 10.2 Å². The summed E-state index contributed by atoms with van der Waals surface area (Å²) < 4.78 is 7.96. The van der Waals surface area contributed by atoms with E-state index >= 15 is 0 Å². The van der Waals surface area contributed by atoms with Gasteiger partial charge in [0.15, 0.2) is 11.5 Å². The van der Waals surface area contributed by atoms with Crippen molar-refractivity contribution in [3.05, 3.63) is 5.82 Å². The van der Waals surface area contributed by atoms with Gasteiger partial charge in [0.05, 0.1) is 0 Å². The molecule has 0 spiro atoms. The Hall–Kier alpha value is -3.09. The zero-order valence-corrected chi connectivity index (χ0v) is 25.1. The lowest BCUT2D eigenvalue weighted by atomic mass is 9.80. The Bertz CT molecular complexity index is 1250. The molecule has 0 aromatic carbocycles. The molecule has 1 N–H and O–H groups in total. The van der Waals surface area contributed by atoms with E-state index in [1.54, 1.807) is 4.90 Å². The molecule has 2 saturated carbocycles. The summed E-state index contributed by atoms with van der Waals surface area (Å²) in [6, 6.07) is 2.45. The molecule has 2 aromatic heterocycles. The second-order valence-electron chi connectivity index (χ2n) is 13.4. The third-order valence-corrected chi connectivity index (χ3v) is 9.02. The molecule has 3 fully saturated rings. The van der Waals surface area contributed by atoms with Crippen molar-refractivity contribution in [1.29, 1.82) is 5.26 Å². The predicted molar refractivity (Wildman–Crippen MR) is 156 cm³/mol. The molecule has 2 aromatic rings. The first kappa shape index (κ1) is 28.4. The van der Waals surface area contributed by atoms with Crippen LogP contribution in [0.1, 0.15) is 92.3 Å². The summed E-state index contributed by atoms with van der Waals surface area (Å²) >= 11 is 0. The summed E-state index contributed by atoms with van der Waals surface area (Å²) in [5.41, 5.74) is 0.927. The topological polar surface area (TPSA) is 112 Å². The Kier molecular flexibility index (Phi) is 8.12. The summed E-state index contributed by atoms with van der Waals surface area (Å²) in [7, 11) is 0. The Morgan fingerprint density at radius 2 is 1.82 bits per heavy atom. The van der Waals surface area contributed by atoms with Crippen LogP contribution in [-0.4, -0.2) is 67.8 Å². The fourth-order valence-electron chi connectivity index (χ4n) is 6.36. The number of carbonyl (C=O) groups is 1. The first-order valence-electron chi connectivity index (χ1n) is 15.2. The van der Waals surface area contributed by atoms with Crippen molar-refractivity contribution in [2.24, 2.45) is 17.8 Å². The molecule has 218 valence electrons. The number of imidazole rings is 1. The van der Waals surface area contributed by atoms with Gasteiger partial charge in [-0.3, -0.25) is 0 Å². The molecule has 0 radical (unpaired) electrons. The van der Waals surface area contributed by atoms with E-state index in [0.717, 1.165) is 23.9 Å². The number of fused-ring (bicyclic) bond motifs is 1. The fourth-order valence-corrected chi connectivity index (χ4v) is 6.36. The van der Waals surface area contributed by atoms with E-state index < -0.39 is 5.60 Å². The zero-order valence-electron chi connectivity index (χ0n) is 25.1. The molecule has 1 amide bonds. The third kappa shape index (κ3) is 6.13. The van der Waals surface area contributed by atoms with Crippen molar-refractivity contribution in [1.82, 2.24) is 24.4 Å². The van der Waals surface area contributed by atoms with Gasteiger partial charge in [0.1, 0.15) is 17.2 Å². The molecule has 2 aliphatic carbocycles. The number of carbonyl (C=O) groups excluding carboxylic acids is 1. The highest BCUT2D eigenvalue weighted by Gasteiger charge is 2.34. The van der Waals surface area contributed by atoms with Gasteiger partial charge in [-0.05, 0) is 78.1 Å². The van der Waals surface area contributed by atoms with Crippen LogP contribution in [0.5, 0.6) is 0 Å². The molecule has 10 nitrogen and oxygen atoms in total. The normalized spacial score (nSPS) is 24.9. The Morgan fingerprint density at radius 1 is 1.10 bits per heavy atom. The van der Waals surface area contributed by atoms with Crippen LogP contribution in [0.4, 0.5) is 16.6 Å². The first-order chi connectivity index (χ1) is 19.0. The first-order valence-corrected chi connectivity index (χ1v) is 15.2. The van der Waals surface area contributed by atoms with Crippen molar-refractivity contribution in [3.8, 4) is 6.07 Å². The molecule has 3 heterocycles. The van der Waals surface area contributed by atoms with Gasteiger partial charge in [-0.2, -0.15) is 20.2 Å². The Balaban J connectivity index is 1.50. The minimum absolute atomic E-state index is 0.0388. The minimum Gasteiger partial charge on any atom is -0.444 e. The van der Waals surface area contributed by atoms with Gasteiger partial charge in [0.25, 0.3) is 0 Å². The number of hydrogen-bond acceptors (Lipinski definition) is 8. The summed E-state index contributed by atoms with van der Waals surface area (Å²) in [5, 5.41) is 13.4. The lowest BCUT2D eigenvalue weighted by Gasteiger charge is -2.41. The predicted octanol–water partition coefficient (Wildman–Crippen LogP) is 5.57. The van der Waals surface area contributed by atoms with Crippen LogP contribution >= 0.6 is 0 Å². The highest BCUT2D eigenvalue weighted by Crippen LogP contribution is 2.36. The fraction of sp³-hybridized carbons (Fsp3) is 0.767. The lowest BCUT2D eigenvalue weighted by molar-refractivity contribution is 0.0217. The highest BCUT2D eigenvalue weighted by molar-refractivity contribution is 5.86. The second kappa shape index (κ2) is 11.4. The van der Waals surface area contributed by atoms with E-state index in [2.05, 4.69) is 51.6 Å². The van der Waals surface area contributed by atoms with Crippen molar-refractivity contribution in [3.63, 3.8) is 0 Å². The standard InChI is InChI=1S/C30H46N8O2/c1-19-10-12-22(13-11-19)18-38-25-26(32-21(3)23-8-7-9-23)33-24(16-31)34-27(25)35-28(38)37-15-14-36(17-20(37)2)29(39)40-30(4,5)6/h19-23H,7-15,17-18H2,1-6H3,(H,32,33,34)/t19-,20?,21-,22-/m1/s1. The Morgan fingerprint density at radius 3 is 2.42 bits per heavy atom. The molecule has 1 aliphatic heterocycles. The van der Waals surface area contributed by atoms with Crippen LogP contribution in [-0.2, 0) is 11.3 Å². The van der Waals surface area contributed by atoms with Gasteiger partial charge in [0, 0.05) is 38.3 Å². The third-order valence-electron chi connectivity index (χ3n) is 9.02. The average molecular weight is 551 g/mol. The van der Waals surface area contributed by atoms with E-state index in [0.29, 0.717) is 42.9 Å². The number of ether oxygens (including phenoxy) is 1. The molecule has 40 heavy (non-hydrogen) atoms. The lowest BCUT2D eigenvalue weighted by Crippen LogP contribution is -2.55. The summed E-state index contributed by atoms with van der Waals surface area (Å²) in [6.07, 6.45) is 8.32.